The highest BCUT2D eigenvalue weighted by Crippen LogP contribution is 2.33. The molecular weight excluding hydrogens is 405 g/mol. The molecule has 5 heterocycles. The van der Waals surface area contributed by atoms with Crippen molar-refractivity contribution in [3.8, 4) is 11.5 Å². The van der Waals surface area contributed by atoms with E-state index >= 15 is 0 Å². The highest BCUT2D eigenvalue weighted by atomic mass is 32.1. The van der Waals surface area contributed by atoms with Gasteiger partial charge in [0, 0.05) is 55.3 Å². The summed E-state index contributed by atoms with van der Waals surface area (Å²) in [5, 5.41) is 4.71. The third-order valence-electron chi connectivity index (χ3n) is 5.49. The van der Waals surface area contributed by atoms with Crippen molar-refractivity contribution in [1.29, 1.82) is 0 Å². The highest BCUT2D eigenvalue weighted by molar-refractivity contribution is 7.07. The zero-order valence-electron chi connectivity index (χ0n) is 16.4. The second-order valence-electron chi connectivity index (χ2n) is 7.36. The fourth-order valence-electron chi connectivity index (χ4n) is 3.94. The standard InChI is InChI=1S/C20H20FN7OS/c1-12-14-8-23-20(16-10-30-11-24-16)25-15(14)2-4-28(12)18-7-13(21)6-17(26-18)27-5-3-22-19(29)9-27/h6-8,10-12H,2-5,9H2,1H3,(H,22,29). The number of amides is 1. The lowest BCUT2D eigenvalue weighted by atomic mass is 9.99. The van der Waals surface area contributed by atoms with E-state index in [1.807, 2.05) is 18.5 Å². The van der Waals surface area contributed by atoms with Gasteiger partial charge in [-0.3, -0.25) is 4.79 Å². The molecule has 0 bridgehead atoms. The van der Waals surface area contributed by atoms with E-state index in [1.165, 1.54) is 23.5 Å². The zero-order chi connectivity index (χ0) is 20.7. The minimum atomic E-state index is -0.367. The van der Waals surface area contributed by atoms with Crippen LogP contribution in [0.15, 0.2) is 29.2 Å². The molecule has 1 fully saturated rings. The van der Waals surface area contributed by atoms with Crippen LogP contribution in [0.5, 0.6) is 0 Å². The van der Waals surface area contributed by atoms with E-state index in [9.17, 15) is 9.18 Å². The Balaban J connectivity index is 1.44. The van der Waals surface area contributed by atoms with Gasteiger partial charge in [-0.05, 0) is 6.92 Å². The van der Waals surface area contributed by atoms with Crippen molar-refractivity contribution in [2.75, 3.05) is 36.0 Å². The van der Waals surface area contributed by atoms with Gasteiger partial charge in [0.1, 0.15) is 23.1 Å². The van der Waals surface area contributed by atoms with Crippen LogP contribution >= 0.6 is 11.3 Å². The molecule has 1 unspecified atom stereocenters. The molecule has 1 saturated heterocycles. The van der Waals surface area contributed by atoms with Crippen LogP contribution in [-0.2, 0) is 11.2 Å². The smallest absolute Gasteiger partial charge is 0.239 e. The number of aromatic nitrogens is 4. The van der Waals surface area contributed by atoms with Crippen molar-refractivity contribution in [2.45, 2.75) is 19.4 Å². The maximum atomic E-state index is 14.4. The normalized spacial score (nSPS) is 18.9. The molecule has 3 aromatic rings. The molecule has 1 atom stereocenters. The van der Waals surface area contributed by atoms with E-state index in [-0.39, 0.29) is 24.3 Å². The van der Waals surface area contributed by atoms with Gasteiger partial charge in [-0.1, -0.05) is 0 Å². The molecule has 8 nitrogen and oxygen atoms in total. The molecule has 30 heavy (non-hydrogen) atoms. The number of anilines is 2. The molecule has 1 N–H and O–H groups in total. The van der Waals surface area contributed by atoms with E-state index < -0.39 is 0 Å². The van der Waals surface area contributed by atoms with Gasteiger partial charge in [-0.25, -0.2) is 24.3 Å². The third kappa shape index (κ3) is 3.47. The van der Waals surface area contributed by atoms with Crippen molar-refractivity contribution in [3.63, 3.8) is 0 Å². The number of nitrogens with one attached hydrogen (secondary N) is 1. The van der Waals surface area contributed by atoms with Crippen molar-refractivity contribution in [1.82, 2.24) is 25.3 Å². The Morgan fingerprint density at radius 3 is 2.87 bits per heavy atom. The average Bonchev–Trinajstić information content (AvgIpc) is 3.28. The van der Waals surface area contributed by atoms with Crippen LogP contribution in [0, 0.1) is 5.82 Å². The van der Waals surface area contributed by atoms with Gasteiger partial charge in [0.25, 0.3) is 0 Å². The predicted molar refractivity (Wildman–Crippen MR) is 112 cm³/mol. The van der Waals surface area contributed by atoms with E-state index in [0.29, 0.717) is 43.5 Å². The second-order valence-corrected chi connectivity index (χ2v) is 8.08. The zero-order valence-corrected chi connectivity index (χ0v) is 17.2. The summed E-state index contributed by atoms with van der Waals surface area (Å²) in [6, 6.07) is 2.78. The number of carbonyl (C=O) groups is 1. The molecule has 10 heteroatoms. The van der Waals surface area contributed by atoms with Gasteiger partial charge >= 0.3 is 0 Å². The topological polar surface area (TPSA) is 87.1 Å². The summed E-state index contributed by atoms with van der Waals surface area (Å²) in [5.41, 5.74) is 4.54. The first-order valence-electron chi connectivity index (χ1n) is 9.79. The van der Waals surface area contributed by atoms with Gasteiger partial charge < -0.3 is 15.1 Å². The van der Waals surface area contributed by atoms with Crippen LogP contribution in [0.25, 0.3) is 11.5 Å². The van der Waals surface area contributed by atoms with Gasteiger partial charge in [0.2, 0.25) is 5.91 Å². The molecule has 3 aromatic heterocycles. The number of pyridine rings is 1. The summed E-state index contributed by atoms with van der Waals surface area (Å²) < 4.78 is 14.4. The van der Waals surface area contributed by atoms with E-state index in [4.69, 9.17) is 4.98 Å². The number of hydrogen-bond donors (Lipinski definition) is 1. The summed E-state index contributed by atoms with van der Waals surface area (Å²) >= 11 is 1.51. The number of thiazole rings is 1. The number of halogens is 1. The molecule has 0 radical (unpaired) electrons. The Labute approximate surface area is 176 Å². The molecule has 0 aromatic carbocycles. The monoisotopic (exact) mass is 425 g/mol. The summed E-state index contributed by atoms with van der Waals surface area (Å²) in [6.45, 7) is 4.02. The SMILES string of the molecule is CC1c2cnc(-c3cscn3)nc2CCN1c1cc(F)cc(N2CCNC(=O)C2)n1. The van der Waals surface area contributed by atoms with Crippen LogP contribution in [0.3, 0.4) is 0 Å². The summed E-state index contributed by atoms with van der Waals surface area (Å²) in [7, 11) is 0. The predicted octanol–water partition coefficient (Wildman–Crippen LogP) is 2.19. The van der Waals surface area contributed by atoms with Crippen molar-refractivity contribution in [2.24, 2.45) is 0 Å². The summed E-state index contributed by atoms with van der Waals surface area (Å²) in [4.78, 5) is 33.7. The Bertz CT molecular complexity index is 1090. The molecule has 0 saturated carbocycles. The summed E-state index contributed by atoms with van der Waals surface area (Å²) in [6.07, 6.45) is 2.54. The minimum absolute atomic E-state index is 0.0509. The Kier molecular flexibility index (Phi) is 4.78. The maximum Gasteiger partial charge on any atom is 0.239 e. The van der Waals surface area contributed by atoms with Crippen molar-refractivity contribution < 1.29 is 9.18 Å². The highest BCUT2D eigenvalue weighted by Gasteiger charge is 2.28. The van der Waals surface area contributed by atoms with Crippen LogP contribution in [0.4, 0.5) is 16.0 Å². The van der Waals surface area contributed by atoms with Gasteiger partial charge in [0.05, 0.1) is 23.8 Å². The summed E-state index contributed by atoms with van der Waals surface area (Å²) in [5.74, 6) is 1.21. The Morgan fingerprint density at radius 1 is 1.20 bits per heavy atom. The first-order valence-corrected chi connectivity index (χ1v) is 10.7. The third-order valence-corrected chi connectivity index (χ3v) is 6.07. The first-order chi connectivity index (χ1) is 14.6. The van der Waals surface area contributed by atoms with Gasteiger partial charge in [-0.15, -0.1) is 11.3 Å². The lowest BCUT2D eigenvalue weighted by Gasteiger charge is -2.36. The quantitative estimate of drug-likeness (QED) is 0.688. The first kappa shape index (κ1) is 18.9. The molecular formula is C20H20FN7OS. The number of rotatable bonds is 3. The lowest BCUT2D eigenvalue weighted by Crippen LogP contribution is -2.48. The van der Waals surface area contributed by atoms with Crippen LogP contribution < -0.4 is 15.1 Å². The number of hydrogen-bond acceptors (Lipinski definition) is 8. The molecule has 0 spiro atoms. The van der Waals surface area contributed by atoms with Crippen molar-refractivity contribution in [3.05, 3.63) is 46.3 Å². The molecule has 154 valence electrons. The number of piperazine rings is 1. The number of nitrogens with zero attached hydrogens (tertiary/aromatic N) is 6. The lowest BCUT2D eigenvalue weighted by molar-refractivity contribution is -0.120. The Morgan fingerprint density at radius 2 is 2.07 bits per heavy atom. The van der Waals surface area contributed by atoms with Gasteiger partial charge in [-0.2, -0.15) is 0 Å². The van der Waals surface area contributed by atoms with Crippen LogP contribution in [-0.4, -0.2) is 52.0 Å². The maximum absolute atomic E-state index is 14.4. The number of fused-ring (bicyclic) bond motifs is 1. The van der Waals surface area contributed by atoms with Crippen LogP contribution in [0.1, 0.15) is 24.2 Å². The largest absolute Gasteiger partial charge is 0.353 e. The molecule has 2 aliphatic rings. The molecule has 5 rings (SSSR count). The second kappa shape index (κ2) is 7.60. The van der Waals surface area contributed by atoms with Gasteiger partial charge in [0.15, 0.2) is 5.82 Å². The average molecular weight is 425 g/mol. The van der Waals surface area contributed by atoms with E-state index in [0.717, 1.165) is 17.0 Å². The molecule has 1 amide bonds. The van der Waals surface area contributed by atoms with E-state index in [2.05, 4.69) is 25.2 Å². The molecule has 0 aliphatic carbocycles. The Hall–Kier alpha value is -3.14. The van der Waals surface area contributed by atoms with E-state index in [1.54, 1.807) is 10.4 Å². The fraction of sp³-hybridized carbons (Fsp3) is 0.350. The van der Waals surface area contributed by atoms with Crippen LogP contribution in [0.2, 0.25) is 0 Å². The van der Waals surface area contributed by atoms with Crippen molar-refractivity contribution >= 4 is 28.9 Å². The molecule has 2 aliphatic heterocycles. The fourth-order valence-corrected chi connectivity index (χ4v) is 4.47. The minimum Gasteiger partial charge on any atom is -0.353 e. The number of carbonyl (C=O) groups excluding carboxylic acids is 1.